The van der Waals surface area contributed by atoms with Crippen LogP contribution in [-0.2, 0) is 9.59 Å². The summed E-state index contributed by atoms with van der Waals surface area (Å²) in [5, 5.41) is 12.0. The van der Waals surface area contributed by atoms with E-state index in [9.17, 15) is 9.59 Å². The Morgan fingerprint density at radius 3 is 2.57 bits per heavy atom. The van der Waals surface area contributed by atoms with E-state index in [-0.39, 0.29) is 17.9 Å². The van der Waals surface area contributed by atoms with Gasteiger partial charge in [-0.05, 0) is 60.2 Å². The molecular weight excluding hydrogens is 362 g/mol. The summed E-state index contributed by atoms with van der Waals surface area (Å²) >= 11 is 3.41. The zero-order valence-electron chi connectivity index (χ0n) is 13.0. The first-order valence-electron chi connectivity index (χ1n) is 7.95. The lowest BCUT2D eigenvalue weighted by atomic mass is 9.86. The van der Waals surface area contributed by atoms with Crippen LogP contribution in [0.4, 0.5) is 0 Å². The molecular formula is C17H22BrNO4. The Morgan fingerprint density at radius 2 is 1.91 bits per heavy atom. The van der Waals surface area contributed by atoms with E-state index in [4.69, 9.17) is 9.84 Å². The summed E-state index contributed by atoms with van der Waals surface area (Å²) in [5.74, 6) is -0.181. The van der Waals surface area contributed by atoms with Crippen LogP contribution in [-0.4, -0.2) is 29.6 Å². The van der Waals surface area contributed by atoms with Crippen molar-refractivity contribution in [1.29, 1.82) is 0 Å². The summed E-state index contributed by atoms with van der Waals surface area (Å²) in [4.78, 5) is 22.8. The molecule has 1 fully saturated rings. The lowest BCUT2D eigenvalue weighted by Gasteiger charge is -2.26. The van der Waals surface area contributed by atoms with Crippen LogP contribution in [0.15, 0.2) is 28.7 Å². The molecule has 5 nitrogen and oxygen atoms in total. The van der Waals surface area contributed by atoms with Crippen LogP contribution in [0.3, 0.4) is 0 Å². The Morgan fingerprint density at radius 1 is 1.22 bits per heavy atom. The molecule has 23 heavy (non-hydrogen) atoms. The van der Waals surface area contributed by atoms with Gasteiger partial charge in [-0.2, -0.15) is 0 Å². The summed E-state index contributed by atoms with van der Waals surface area (Å²) in [6, 6.07) is 7.73. The number of benzene rings is 1. The smallest absolute Gasteiger partial charge is 0.306 e. The summed E-state index contributed by atoms with van der Waals surface area (Å²) in [6.45, 7) is 0.488. The number of amides is 1. The minimum atomic E-state index is -0.723. The molecule has 0 spiro atoms. The van der Waals surface area contributed by atoms with E-state index in [1.807, 2.05) is 24.3 Å². The number of carboxylic acid groups (broad SMARTS) is 1. The largest absolute Gasteiger partial charge is 0.492 e. The topological polar surface area (TPSA) is 75.6 Å². The van der Waals surface area contributed by atoms with Crippen LogP contribution in [0.5, 0.6) is 5.75 Å². The predicted octanol–water partition coefficient (Wildman–Crippen LogP) is 3.37. The van der Waals surface area contributed by atoms with Gasteiger partial charge in [-0.3, -0.25) is 9.59 Å². The summed E-state index contributed by atoms with van der Waals surface area (Å²) in [5.41, 5.74) is 0. The summed E-state index contributed by atoms with van der Waals surface area (Å²) < 4.78 is 6.53. The molecule has 1 saturated carbocycles. The molecule has 1 amide bonds. The minimum absolute atomic E-state index is 0.0134. The van der Waals surface area contributed by atoms with Crippen molar-refractivity contribution >= 4 is 27.8 Å². The van der Waals surface area contributed by atoms with Gasteiger partial charge in [-0.1, -0.05) is 12.1 Å². The highest BCUT2D eigenvalue weighted by Crippen LogP contribution is 2.25. The first-order chi connectivity index (χ1) is 11.1. The molecule has 0 radical (unpaired) electrons. The van der Waals surface area contributed by atoms with Crippen molar-refractivity contribution < 1.29 is 19.4 Å². The Labute approximate surface area is 144 Å². The highest BCUT2D eigenvalue weighted by atomic mass is 79.9. The molecule has 2 N–H and O–H groups in total. The fourth-order valence-corrected chi connectivity index (χ4v) is 3.16. The summed E-state index contributed by atoms with van der Waals surface area (Å²) in [7, 11) is 0. The van der Waals surface area contributed by atoms with Crippen LogP contribution in [0.25, 0.3) is 0 Å². The highest BCUT2D eigenvalue weighted by Gasteiger charge is 2.26. The molecule has 126 valence electrons. The summed E-state index contributed by atoms with van der Waals surface area (Å²) in [6.07, 6.45) is 3.85. The van der Waals surface area contributed by atoms with Gasteiger partial charge in [-0.15, -0.1) is 0 Å². The van der Waals surface area contributed by atoms with E-state index in [2.05, 4.69) is 21.2 Å². The number of carboxylic acids is 1. The minimum Gasteiger partial charge on any atom is -0.492 e. The number of para-hydroxylation sites is 1. The fourth-order valence-electron chi connectivity index (χ4n) is 2.76. The molecule has 0 bridgehead atoms. The van der Waals surface area contributed by atoms with Gasteiger partial charge in [0.1, 0.15) is 5.75 Å². The number of hydrogen-bond acceptors (Lipinski definition) is 3. The molecule has 1 aromatic rings. The number of nitrogens with one attached hydrogen (secondary N) is 1. The van der Waals surface area contributed by atoms with Crippen molar-refractivity contribution in [2.24, 2.45) is 5.92 Å². The lowest BCUT2D eigenvalue weighted by Crippen LogP contribution is -2.38. The van der Waals surface area contributed by atoms with Crippen LogP contribution < -0.4 is 10.1 Å². The molecule has 0 heterocycles. The van der Waals surface area contributed by atoms with Crippen molar-refractivity contribution in [3.05, 3.63) is 28.7 Å². The first-order valence-corrected chi connectivity index (χ1v) is 8.75. The molecule has 6 heteroatoms. The van der Waals surface area contributed by atoms with Crippen molar-refractivity contribution in [3.8, 4) is 5.75 Å². The van der Waals surface area contributed by atoms with Crippen molar-refractivity contribution in [1.82, 2.24) is 5.32 Å². The quantitative estimate of drug-likeness (QED) is 0.707. The molecule has 1 aliphatic carbocycles. The average Bonchev–Trinajstić information content (AvgIpc) is 2.53. The SMILES string of the molecule is O=C(CCCOc1ccccc1Br)NC1CCC(C(=O)O)CC1. The number of carbonyl (C=O) groups is 2. The number of halogens is 1. The van der Waals surface area contributed by atoms with E-state index < -0.39 is 5.97 Å². The third-order valence-electron chi connectivity index (χ3n) is 4.08. The van der Waals surface area contributed by atoms with Crippen LogP contribution >= 0.6 is 15.9 Å². The average molecular weight is 384 g/mol. The number of carbonyl (C=O) groups excluding carboxylic acids is 1. The Bertz CT molecular complexity index is 541. The molecule has 0 saturated heterocycles. The highest BCUT2D eigenvalue weighted by molar-refractivity contribution is 9.10. The number of hydrogen-bond donors (Lipinski definition) is 2. The number of aliphatic carboxylic acids is 1. The van der Waals surface area contributed by atoms with Gasteiger partial charge < -0.3 is 15.2 Å². The van der Waals surface area contributed by atoms with Crippen LogP contribution in [0, 0.1) is 5.92 Å². The van der Waals surface area contributed by atoms with Crippen molar-refractivity contribution in [2.75, 3.05) is 6.61 Å². The molecule has 2 rings (SSSR count). The third-order valence-corrected chi connectivity index (χ3v) is 4.74. The van der Waals surface area contributed by atoms with Gasteiger partial charge in [0, 0.05) is 12.5 Å². The van der Waals surface area contributed by atoms with Gasteiger partial charge in [0.2, 0.25) is 5.91 Å². The fraction of sp³-hybridized carbons (Fsp3) is 0.529. The van der Waals surface area contributed by atoms with Gasteiger partial charge in [0.25, 0.3) is 0 Å². The standard InChI is InChI=1S/C17H22BrNO4/c18-14-4-1-2-5-15(14)23-11-3-6-16(20)19-13-9-7-12(8-10-13)17(21)22/h1-2,4-5,12-13H,3,6-11H2,(H,19,20)(H,21,22). The predicted molar refractivity (Wildman–Crippen MR) is 90.4 cm³/mol. The van der Waals surface area contributed by atoms with E-state index in [1.165, 1.54) is 0 Å². The molecule has 0 unspecified atom stereocenters. The van der Waals surface area contributed by atoms with Crippen LogP contribution in [0.2, 0.25) is 0 Å². The monoisotopic (exact) mass is 383 g/mol. The molecule has 1 aromatic carbocycles. The lowest BCUT2D eigenvalue weighted by molar-refractivity contribution is -0.142. The number of ether oxygens (including phenoxy) is 1. The second-order valence-corrected chi connectivity index (χ2v) is 6.69. The molecule has 0 aromatic heterocycles. The van der Waals surface area contributed by atoms with Gasteiger partial charge in [0.15, 0.2) is 0 Å². The van der Waals surface area contributed by atoms with E-state index >= 15 is 0 Å². The van der Waals surface area contributed by atoms with Crippen molar-refractivity contribution in [2.45, 2.75) is 44.6 Å². The first kappa shape index (κ1) is 17.8. The van der Waals surface area contributed by atoms with Gasteiger partial charge in [-0.25, -0.2) is 0 Å². The molecule has 0 atom stereocenters. The van der Waals surface area contributed by atoms with Gasteiger partial charge >= 0.3 is 5.97 Å². The molecule has 1 aliphatic rings. The second kappa shape index (κ2) is 8.91. The van der Waals surface area contributed by atoms with Crippen molar-refractivity contribution in [3.63, 3.8) is 0 Å². The zero-order chi connectivity index (χ0) is 16.7. The maximum atomic E-state index is 11.9. The van der Waals surface area contributed by atoms with E-state index in [1.54, 1.807) is 0 Å². The third kappa shape index (κ3) is 5.86. The Balaban J connectivity index is 1.61. The van der Waals surface area contributed by atoms with Crippen LogP contribution in [0.1, 0.15) is 38.5 Å². The number of rotatable bonds is 7. The maximum absolute atomic E-state index is 11.9. The second-order valence-electron chi connectivity index (χ2n) is 5.84. The zero-order valence-corrected chi connectivity index (χ0v) is 14.5. The van der Waals surface area contributed by atoms with E-state index in [0.29, 0.717) is 32.3 Å². The van der Waals surface area contributed by atoms with Gasteiger partial charge in [0.05, 0.1) is 17.0 Å². The maximum Gasteiger partial charge on any atom is 0.306 e. The molecule has 0 aliphatic heterocycles. The van der Waals surface area contributed by atoms with E-state index in [0.717, 1.165) is 23.1 Å². The Kier molecular flexibility index (Phi) is 6.89. The normalized spacial score (nSPS) is 20.7. The Hall–Kier alpha value is -1.56.